The van der Waals surface area contributed by atoms with Crippen LogP contribution in [0.25, 0.3) is 0 Å². The smallest absolute Gasteiger partial charge is 0.316 e. The fraction of sp³-hybridized carbons (Fsp3) is 0.588. The Hall–Kier alpha value is -1.39. The molecule has 0 radical (unpaired) electrons. The number of carbonyl (C=O) groups excluding carboxylic acids is 1. The van der Waals surface area contributed by atoms with Crippen LogP contribution in [0.5, 0.6) is 0 Å². The minimum Gasteiger partial charge on any atom is -0.465 e. The average Bonchev–Trinajstić information content (AvgIpc) is 2.47. The molecular formula is C17H27NO3. The second-order valence-electron chi connectivity index (χ2n) is 5.70. The first-order chi connectivity index (χ1) is 9.93. The van der Waals surface area contributed by atoms with Crippen molar-refractivity contribution in [2.45, 2.75) is 51.6 Å². The van der Waals surface area contributed by atoms with Crippen LogP contribution in [0.2, 0.25) is 0 Å². The lowest BCUT2D eigenvalue weighted by Crippen LogP contribution is -2.35. The number of aliphatic hydroxyl groups is 1. The van der Waals surface area contributed by atoms with Gasteiger partial charge in [0.15, 0.2) is 0 Å². The molecule has 0 amide bonds. The number of carbonyl (C=O) groups is 1. The Balaban J connectivity index is 2.92. The minimum atomic E-state index is -0.684. The zero-order chi connectivity index (χ0) is 15.9. The fourth-order valence-corrected chi connectivity index (χ4v) is 2.45. The van der Waals surface area contributed by atoms with Crippen LogP contribution in [-0.4, -0.2) is 30.3 Å². The Morgan fingerprint density at radius 3 is 2.76 bits per heavy atom. The number of hydrogen-bond acceptors (Lipinski definition) is 4. The molecular weight excluding hydrogens is 266 g/mol. The van der Waals surface area contributed by atoms with Crippen LogP contribution in [0.4, 0.5) is 0 Å². The van der Waals surface area contributed by atoms with Gasteiger partial charge in [0, 0.05) is 6.54 Å². The normalized spacial score (nSPS) is 15.3. The van der Waals surface area contributed by atoms with Gasteiger partial charge in [-0.3, -0.25) is 4.79 Å². The van der Waals surface area contributed by atoms with Crippen LogP contribution >= 0.6 is 0 Å². The van der Waals surface area contributed by atoms with Gasteiger partial charge in [-0.15, -0.1) is 0 Å². The van der Waals surface area contributed by atoms with Crippen molar-refractivity contribution >= 4 is 5.97 Å². The van der Waals surface area contributed by atoms with Gasteiger partial charge in [0.2, 0.25) is 0 Å². The molecule has 1 aromatic carbocycles. The Kier molecular flexibility index (Phi) is 6.85. The van der Waals surface area contributed by atoms with E-state index in [1.165, 1.54) is 0 Å². The lowest BCUT2D eigenvalue weighted by molar-refractivity contribution is -0.150. The molecule has 0 aromatic heterocycles. The zero-order valence-electron chi connectivity index (χ0n) is 13.3. The lowest BCUT2D eigenvalue weighted by Gasteiger charge is -2.28. The number of benzene rings is 1. The Morgan fingerprint density at radius 1 is 1.48 bits per heavy atom. The molecule has 0 aliphatic heterocycles. The number of hydrogen-bond donors (Lipinski definition) is 2. The topological polar surface area (TPSA) is 72.5 Å². The lowest BCUT2D eigenvalue weighted by atomic mass is 9.77. The van der Waals surface area contributed by atoms with Gasteiger partial charge in [-0.05, 0) is 45.6 Å². The van der Waals surface area contributed by atoms with E-state index in [-0.39, 0.29) is 12.5 Å². The van der Waals surface area contributed by atoms with Gasteiger partial charge in [0.1, 0.15) is 0 Å². The van der Waals surface area contributed by atoms with E-state index in [0.717, 1.165) is 17.5 Å². The molecule has 0 aliphatic carbocycles. The molecule has 0 aliphatic rings. The summed E-state index contributed by atoms with van der Waals surface area (Å²) in [6, 6.07) is 7.95. The van der Waals surface area contributed by atoms with Crippen LogP contribution in [-0.2, 0) is 14.9 Å². The van der Waals surface area contributed by atoms with Gasteiger partial charge >= 0.3 is 5.97 Å². The molecule has 4 nitrogen and oxygen atoms in total. The summed E-state index contributed by atoms with van der Waals surface area (Å²) in [6.07, 6.45) is 1.44. The van der Waals surface area contributed by atoms with Crippen molar-refractivity contribution in [3.63, 3.8) is 0 Å². The van der Waals surface area contributed by atoms with E-state index < -0.39 is 11.5 Å². The van der Waals surface area contributed by atoms with Gasteiger partial charge < -0.3 is 15.6 Å². The molecule has 0 fully saturated rings. The zero-order valence-corrected chi connectivity index (χ0v) is 13.3. The largest absolute Gasteiger partial charge is 0.465 e. The summed E-state index contributed by atoms with van der Waals surface area (Å²) in [5.41, 5.74) is 6.81. The number of aryl methyl sites for hydroxylation is 1. The molecule has 0 heterocycles. The monoisotopic (exact) mass is 293 g/mol. The highest BCUT2D eigenvalue weighted by atomic mass is 16.5. The summed E-state index contributed by atoms with van der Waals surface area (Å²) in [6.45, 7) is 6.35. The van der Waals surface area contributed by atoms with Crippen molar-refractivity contribution < 1.29 is 14.6 Å². The predicted molar refractivity (Wildman–Crippen MR) is 84.1 cm³/mol. The third kappa shape index (κ3) is 4.83. The summed E-state index contributed by atoms with van der Waals surface area (Å²) >= 11 is 0. The van der Waals surface area contributed by atoms with Crippen LogP contribution in [0.15, 0.2) is 24.3 Å². The summed E-state index contributed by atoms with van der Waals surface area (Å²) in [5.74, 6) is -0.210. The van der Waals surface area contributed by atoms with Crippen molar-refractivity contribution in [1.29, 1.82) is 0 Å². The van der Waals surface area contributed by atoms with E-state index in [0.29, 0.717) is 19.4 Å². The standard InChI is InChI=1S/C17H27NO3/c1-4-21-16(20)17(3,10-6-9-15(19)12-18)14-8-5-7-13(2)11-14/h5,7-8,11,15,19H,4,6,9-10,12,18H2,1-3H3. The van der Waals surface area contributed by atoms with Crippen molar-refractivity contribution in [2.75, 3.05) is 13.2 Å². The SMILES string of the molecule is CCOC(=O)C(C)(CCCC(O)CN)c1cccc(C)c1. The van der Waals surface area contributed by atoms with Gasteiger partial charge in [0.25, 0.3) is 0 Å². The third-order valence-electron chi connectivity index (χ3n) is 3.87. The van der Waals surface area contributed by atoms with Gasteiger partial charge in [-0.1, -0.05) is 29.8 Å². The third-order valence-corrected chi connectivity index (χ3v) is 3.87. The predicted octanol–water partition coefficient (Wildman–Crippen LogP) is 2.31. The summed E-state index contributed by atoms with van der Waals surface area (Å²) < 4.78 is 5.26. The second kappa shape index (κ2) is 8.15. The maximum atomic E-state index is 12.4. The summed E-state index contributed by atoms with van der Waals surface area (Å²) in [5, 5.41) is 9.57. The average molecular weight is 293 g/mol. The maximum absolute atomic E-state index is 12.4. The first-order valence-corrected chi connectivity index (χ1v) is 7.56. The molecule has 118 valence electrons. The molecule has 4 heteroatoms. The molecule has 0 bridgehead atoms. The molecule has 0 saturated heterocycles. The van der Waals surface area contributed by atoms with E-state index in [1.54, 1.807) is 0 Å². The number of rotatable bonds is 8. The first kappa shape index (κ1) is 17.7. The van der Waals surface area contributed by atoms with Gasteiger partial charge in [-0.2, -0.15) is 0 Å². The van der Waals surface area contributed by atoms with Crippen LogP contribution in [0.1, 0.15) is 44.2 Å². The van der Waals surface area contributed by atoms with E-state index in [9.17, 15) is 9.90 Å². The molecule has 3 N–H and O–H groups in total. The fourth-order valence-electron chi connectivity index (χ4n) is 2.45. The highest BCUT2D eigenvalue weighted by molar-refractivity contribution is 5.82. The molecule has 2 unspecified atom stereocenters. The number of ether oxygens (including phenoxy) is 1. The molecule has 21 heavy (non-hydrogen) atoms. The maximum Gasteiger partial charge on any atom is 0.316 e. The van der Waals surface area contributed by atoms with Crippen molar-refractivity contribution in [1.82, 2.24) is 0 Å². The molecule has 2 atom stereocenters. The van der Waals surface area contributed by atoms with Crippen molar-refractivity contribution in [3.05, 3.63) is 35.4 Å². The van der Waals surface area contributed by atoms with Crippen molar-refractivity contribution in [3.8, 4) is 0 Å². The Bertz CT molecular complexity index is 461. The Labute approximate surface area is 127 Å². The van der Waals surface area contributed by atoms with Crippen LogP contribution < -0.4 is 5.73 Å². The molecule has 1 aromatic rings. The summed E-state index contributed by atoms with van der Waals surface area (Å²) in [7, 11) is 0. The number of esters is 1. The first-order valence-electron chi connectivity index (χ1n) is 7.56. The van der Waals surface area contributed by atoms with Crippen LogP contribution in [0, 0.1) is 6.92 Å². The molecule has 0 spiro atoms. The second-order valence-corrected chi connectivity index (χ2v) is 5.70. The van der Waals surface area contributed by atoms with Crippen LogP contribution in [0.3, 0.4) is 0 Å². The van der Waals surface area contributed by atoms with E-state index in [1.807, 2.05) is 45.0 Å². The summed E-state index contributed by atoms with van der Waals surface area (Å²) in [4.78, 5) is 12.4. The van der Waals surface area contributed by atoms with Gasteiger partial charge in [0.05, 0.1) is 18.1 Å². The van der Waals surface area contributed by atoms with Crippen molar-refractivity contribution in [2.24, 2.45) is 5.73 Å². The number of aliphatic hydroxyl groups excluding tert-OH is 1. The van der Waals surface area contributed by atoms with E-state index in [4.69, 9.17) is 10.5 Å². The highest BCUT2D eigenvalue weighted by Crippen LogP contribution is 2.32. The Morgan fingerprint density at radius 2 is 2.19 bits per heavy atom. The van der Waals surface area contributed by atoms with E-state index >= 15 is 0 Å². The highest BCUT2D eigenvalue weighted by Gasteiger charge is 2.36. The quantitative estimate of drug-likeness (QED) is 0.721. The molecule has 1 rings (SSSR count). The minimum absolute atomic E-state index is 0.210. The van der Waals surface area contributed by atoms with Gasteiger partial charge in [-0.25, -0.2) is 0 Å². The molecule has 0 saturated carbocycles. The number of nitrogens with two attached hydrogens (primary N) is 1. The van der Waals surface area contributed by atoms with E-state index in [2.05, 4.69) is 0 Å².